The topological polar surface area (TPSA) is 30.2 Å². The van der Waals surface area contributed by atoms with E-state index in [-0.39, 0.29) is 0 Å². The molecule has 13 heavy (non-hydrogen) atoms. The molecule has 0 spiro atoms. The van der Waals surface area contributed by atoms with E-state index in [9.17, 15) is 0 Å². The lowest BCUT2D eigenvalue weighted by molar-refractivity contribution is 1.10. The van der Waals surface area contributed by atoms with E-state index in [1.54, 1.807) is 6.20 Å². The van der Waals surface area contributed by atoms with E-state index in [1.165, 1.54) is 0 Å². The molecule has 1 aromatic heterocycles. The molecule has 3 nitrogen and oxygen atoms in total. The van der Waals surface area contributed by atoms with Crippen molar-refractivity contribution in [3.05, 3.63) is 43.0 Å². The first-order valence-corrected chi connectivity index (χ1v) is 4.11. The second-order valence-corrected chi connectivity index (χ2v) is 2.94. The zero-order valence-electron chi connectivity index (χ0n) is 6.88. The van der Waals surface area contributed by atoms with E-state index >= 15 is 0 Å². The van der Waals surface area contributed by atoms with Crippen LogP contribution in [0.1, 0.15) is 0 Å². The first-order valence-electron chi connectivity index (χ1n) is 4.11. The van der Waals surface area contributed by atoms with E-state index in [1.807, 2.05) is 41.2 Å². The highest BCUT2D eigenvalue weighted by molar-refractivity contribution is 5.65. The Hall–Kier alpha value is -1.90. The van der Waals surface area contributed by atoms with Crippen molar-refractivity contribution in [1.29, 1.82) is 0 Å². The Morgan fingerprint density at radius 2 is 2.15 bits per heavy atom. The molecule has 0 radical (unpaired) electrons. The Morgan fingerprint density at radius 3 is 3.15 bits per heavy atom. The zero-order valence-corrected chi connectivity index (χ0v) is 6.88. The molecule has 62 valence electrons. The SMILES string of the molecule is c1cnc2cc3nccc-3cn2c1. The molecule has 0 amide bonds. The van der Waals surface area contributed by atoms with Crippen LogP contribution < -0.4 is 0 Å². The van der Waals surface area contributed by atoms with Crippen molar-refractivity contribution >= 4 is 5.65 Å². The van der Waals surface area contributed by atoms with Crippen molar-refractivity contribution in [3.63, 3.8) is 0 Å². The Bertz CT molecular complexity index is 480. The summed E-state index contributed by atoms with van der Waals surface area (Å²) in [5, 5.41) is 0. The Balaban J connectivity index is 2.52. The lowest BCUT2D eigenvalue weighted by Crippen LogP contribution is -1.91. The predicted molar refractivity (Wildman–Crippen MR) is 49.6 cm³/mol. The van der Waals surface area contributed by atoms with Gasteiger partial charge in [0.25, 0.3) is 0 Å². The van der Waals surface area contributed by atoms with Gasteiger partial charge in [-0.2, -0.15) is 0 Å². The van der Waals surface area contributed by atoms with Gasteiger partial charge in [-0.25, -0.2) is 4.98 Å². The summed E-state index contributed by atoms with van der Waals surface area (Å²) < 4.78 is 1.99. The van der Waals surface area contributed by atoms with Gasteiger partial charge >= 0.3 is 0 Å². The molecule has 2 aliphatic rings. The van der Waals surface area contributed by atoms with Gasteiger partial charge in [0.1, 0.15) is 5.65 Å². The van der Waals surface area contributed by atoms with Gasteiger partial charge in [0.15, 0.2) is 0 Å². The molecule has 0 atom stereocenters. The summed E-state index contributed by atoms with van der Waals surface area (Å²) in [4.78, 5) is 8.45. The summed E-state index contributed by atoms with van der Waals surface area (Å²) in [5.74, 6) is 0. The molecular formula is C10H7N3. The van der Waals surface area contributed by atoms with Crippen molar-refractivity contribution in [1.82, 2.24) is 14.4 Å². The summed E-state index contributed by atoms with van der Waals surface area (Å²) in [5.41, 5.74) is 3.07. The monoisotopic (exact) mass is 169 g/mol. The molecule has 3 rings (SSSR count). The van der Waals surface area contributed by atoms with E-state index in [0.29, 0.717) is 0 Å². The Morgan fingerprint density at radius 1 is 1.15 bits per heavy atom. The average molecular weight is 169 g/mol. The van der Waals surface area contributed by atoms with E-state index in [0.717, 1.165) is 16.9 Å². The molecule has 0 aliphatic carbocycles. The van der Waals surface area contributed by atoms with Crippen LogP contribution >= 0.6 is 0 Å². The molecule has 0 bridgehead atoms. The summed E-state index contributed by atoms with van der Waals surface area (Å²) in [6.45, 7) is 0. The van der Waals surface area contributed by atoms with Crippen molar-refractivity contribution in [2.24, 2.45) is 0 Å². The van der Waals surface area contributed by atoms with Crippen LogP contribution in [-0.4, -0.2) is 14.4 Å². The normalized spacial score (nSPS) is 11.1. The lowest BCUT2D eigenvalue weighted by atomic mass is 10.2. The van der Waals surface area contributed by atoms with Crippen LogP contribution in [-0.2, 0) is 0 Å². The van der Waals surface area contributed by atoms with E-state index in [4.69, 9.17) is 0 Å². The minimum atomic E-state index is 0.925. The maximum Gasteiger partial charge on any atom is 0.138 e. The third-order valence-electron chi connectivity index (χ3n) is 2.11. The first kappa shape index (κ1) is 6.60. The van der Waals surface area contributed by atoms with Crippen LogP contribution in [0.3, 0.4) is 0 Å². The summed E-state index contributed by atoms with van der Waals surface area (Å²) in [7, 11) is 0. The number of pyridine rings is 1. The molecule has 0 saturated heterocycles. The van der Waals surface area contributed by atoms with Crippen LogP contribution in [0.4, 0.5) is 0 Å². The van der Waals surface area contributed by atoms with Crippen molar-refractivity contribution in [2.75, 3.05) is 0 Å². The largest absolute Gasteiger partial charge is 0.308 e. The fourth-order valence-electron chi connectivity index (χ4n) is 1.47. The number of nitrogens with zero attached hydrogens (tertiary/aromatic N) is 3. The lowest BCUT2D eigenvalue weighted by Gasteiger charge is -2.02. The van der Waals surface area contributed by atoms with E-state index < -0.39 is 0 Å². The van der Waals surface area contributed by atoms with Crippen molar-refractivity contribution < 1.29 is 0 Å². The number of hydrogen-bond donors (Lipinski definition) is 0. The van der Waals surface area contributed by atoms with Crippen molar-refractivity contribution in [3.8, 4) is 11.3 Å². The van der Waals surface area contributed by atoms with Gasteiger partial charge < -0.3 is 4.40 Å². The third-order valence-corrected chi connectivity index (χ3v) is 2.11. The van der Waals surface area contributed by atoms with E-state index in [2.05, 4.69) is 9.97 Å². The number of rotatable bonds is 0. The zero-order chi connectivity index (χ0) is 8.67. The van der Waals surface area contributed by atoms with Gasteiger partial charge in [-0.3, -0.25) is 4.98 Å². The van der Waals surface area contributed by atoms with Crippen LogP contribution in [0.15, 0.2) is 43.0 Å². The molecule has 0 fully saturated rings. The summed E-state index contributed by atoms with van der Waals surface area (Å²) in [6, 6.07) is 5.89. The van der Waals surface area contributed by atoms with Gasteiger partial charge in [-0.15, -0.1) is 0 Å². The number of hydrogen-bond acceptors (Lipinski definition) is 2. The highest BCUT2D eigenvalue weighted by Crippen LogP contribution is 2.20. The van der Waals surface area contributed by atoms with Crippen molar-refractivity contribution in [2.45, 2.75) is 0 Å². The van der Waals surface area contributed by atoms with Crippen LogP contribution in [0.2, 0.25) is 0 Å². The average Bonchev–Trinajstić information content (AvgIpc) is 2.61. The molecule has 0 N–H and O–H groups in total. The predicted octanol–water partition coefficient (Wildman–Crippen LogP) is 1.83. The number of aromatic nitrogens is 3. The molecule has 0 aromatic carbocycles. The first-order chi connectivity index (χ1) is 6.43. The fourth-order valence-corrected chi connectivity index (χ4v) is 1.47. The highest BCUT2D eigenvalue weighted by Gasteiger charge is 2.04. The molecule has 3 heterocycles. The minimum absolute atomic E-state index is 0.925. The van der Waals surface area contributed by atoms with Crippen LogP contribution in [0, 0.1) is 0 Å². The second kappa shape index (κ2) is 2.29. The van der Waals surface area contributed by atoms with Gasteiger partial charge in [-0.05, 0) is 12.1 Å². The molecular weight excluding hydrogens is 162 g/mol. The molecule has 3 heteroatoms. The molecule has 0 unspecified atom stereocenters. The second-order valence-electron chi connectivity index (χ2n) is 2.94. The van der Waals surface area contributed by atoms with Gasteiger partial charge in [0.05, 0.1) is 5.69 Å². The Labute approximate surface area is 75.0 Å². The maximum atomic E-state index is 4.23. The van der Waals surface area contributed by atoms with Crippen LogP contribution in [0.25, 0.3) is 16.9 Å². The quantitative estimate of drug-likeness (QED) is 0.514. The smallest absolute Gasteiger partial charge is 0.138 e. The fraction of sp³-hybridized carbons (Fsp3) is 0. The Kier molecular flexibility index (Phi) is 1.16. The molecule has 1 aromatic rings. The highest BCUT2D eigenvalue weighted by atomic mass is 15.0. The van der Waals surface area contributed by atoms with Gasteiger partial charge in [0.2, 0.25) is 0 Å². The third kappa shape index (κ3) is 0.902. The maximum absolute atomic E-state index is 4.23. The van der Waals surface area contributed by atoms with Gasteiger partial charge in [0, 0.05) is 36.4 Å². The molecule has 2 aliphatic heterocycles. The standard InChI is InChI=1S/C10H7N3/c1-3-12-10-6-9-8(2-4-11-9)7-13(10)5-1/h1-7H. The summed E-state index contributed by atoms with van der Waals surface area (Å²) in [6.07, 6.45) is 7.60. The molecule has 0 saturated carbocycles. The van der Waals surface area contributed by atoms with Gasteiger partial charge in [-0.1, -0.05) is 0 Å². The number of fused-ring (bicyclic) bond motifs is 2. The minimum Gasteiger partial charge on any atom is -0.308 e. The summed E-state index contributed by atoms with van der Waals surface area (Å²) >= 11 is 0. The van der Waals surface area contributed by atoms with Crippen LogP contribution in [0.5, 0.6) is 0 Å².